The predicted octanol–water partition coefficient (Wildman–Crippen LogP) is 5.07. The number of anilines is 1. The summed E-state index contributed by atoms with van der Waals surface area (Å²) >= 11 is 8.78. The third kappa shape index (κ3) is 4.42. The molecule has 0 saturated heterocycles. The van der Waals surface area contributed by atoms with Gasteiger partial charge in [0.15, 0.2) is 0 Å². The molecular weight excluding hydrogens is 376 g/mol. The van der Waals surface area contributed by atoms with Crippen LogP contribution in [0.1, 0.15) is 34.2 Å². The minimum absolute atomic E-state index is 0.212. The number of benzene rings is 1. The molecule has 2 heterocycles. The van der Waals surface area contributed by atoms with Crippen LogP contribution in [0.15, 0.2) is 24.3 Å². The van der Waals surface area contributed by atoms with Gasteiger partial charge in [0, 0.05) is 17.0 Å². The number of aryl methyl sites for hydroxylation is 1. The van der Waals surface area contributed by atoms with Crippen LogP contribution in [-0.2, 0) is 6.42 Å². The fraction of sp³-hybridized carbons (Fsp3) is 0.294. The van der Waals surface area contributed by atoms with E-state index in [9.17, 15) is 4.79 Å². The Balaban J connectivity index is 1.77. The molecule has 0 aliphatic carbocycles. The lowest BCUT2D eigenvalue weighted by Crippen LogP contribution is -2.11. The van der Waals surface area contributed by atoms with Crippen molar-refractivity contribution in [2.45, 2.75) is 27.2 Å². The highest BCUT2D eigenvalue weighted by molar-refractivity contribution is 7.17. The van der Waals surface area contributed by atoms with E-state index in [1.165, 1.54) is 22.7 Å². The van der Waals surface area contributed by atoms with Gasteiger partial charge in [0.05, 0.1) is 5.69 Å². The van der Waals surface area contributed by atoms with E-state index in [1.54, 1.807) is 0 Å². The molecule has 0 aliphatic heterocycles. The third-order valence-corrected chi connectivity index (χ3v) is 5.65. The van der Waals surface area contributed by atoms with Crippen LogP contribution in [0.3, 0.4) is 0 Å². The lowest BCUT2D eigenvalue weighted by atomic mass is 10.1. The minimum Gasteiger partial charge on any atom is -0.296 e. The molecule has 1 aromatic carbocycles. The standard InChI is InChI=1S/C17H17ClN4OS2/c1-9(2)7-13-21-22-17(24-13)20-15(23)14-10(3)19-16(25-14)11-5-4-6-12(18)8-11/h4-6,8-9H,7H2,1-3H3,(H,20,22,23). The summed E-state index contributed by atoms with van der Waals surface area (Å²) < 4.78 is 0. The molecule has 130 valence electrons. The molecule has 0 spiro atoms. The van der Waals surface area contributed by atoms with Gasteiger partial charge >= 0.3 is 0 Å². The molecule has 0 bridgehead atoms. The largest absolute Gasteiger partial charge is 0.296 e. The Hall–Kier alpha value is -1.83. The van der Waals surface area contributed by atoms with Crippen LogP contribution in [0.25, 0.3) is 10.6 Å². The first-order valence-electron chi connectivity index (χ1n) is 7.79. The number of nitrogens with one attached hydrogen (secondary N) is 1. The van der Waals surface area contributed by atoms with Gasteiger partial charge in [0.25, 0.3) is 5.91 Å². The van der Waals surface area contributed by atoms with Crippen LogP contribution in [-0.4, -0.2) is 21.1 Å². The number of nitrogens with zero attached hydrogens (tertiary/aromatic N) is 3. The van der Waals surface area contributed by atoms with Crippen molar-refractivity contribution in [3.05, 3.63) is 44.9 Å². The number of carbonyl (C=O) groups excluding carboxylic acids is 1. The van der Waals surface area contributed by atoms with E-state index in [4.69, 9.17) is 11.6 Å². The minimum atomic E-state index is -0.212. The molecule has 0 aliphatic rings. The fourth-order valence-electron chi connectivity index (χ4n) is 2.24. The Morgan fingerprint density at radius 2 is 2.08 bits per heavy atom. The third-order valence-electron chi connectivity index (χ3n) is 3.34. The number of hydrogen-bond donors (Lipinski definition) is 1. The molecule has 1 amide bonds. The molecule has 2 aromatic heterocycles. The lowest BCUT2D eigenvalue weighted by molar-refractivity contribution is 0.102. The van der Waals surface area contributed by atoms with E-state index in [1.807, 2.05) is 31.2 Å². The van der Waals surface area contributed by atoms with Crippen LogP contribution in [0.2, 0.25) is 5.02 Å². The predicted molar refractivity (Wildman–Crippen MR) is 104 cm³/mol. The quantitative estimate of drug-likeness (QED) is 0.657. The second-order valence-electron chi connectivity index (χ2n) is 6.00. The molecule has 0 fully saturated rings. The van der Waals surface area contributed by atoms with E-state index in [0.29, 0.717) is 26.6 Å². The average molecular weight is 393 g/mol. The first-order valence-corrected chi connectivity index (χ1v) is 9.80. The first kappa shape index (κ1) is 18.0. The van der Waals surface area contributed by atoms with Crippen molar-refractivity contribution in [2.75, 3.05) is 5.32 Å². The van der Waals surface area contributed by atoms with E-state index < -0.39 is 0 Å². The number of carbonyl (C=O) groups is 1. The van der Waals surface area contributed by atoms with Crippen LogP contribution in [0.5, 0.6) is 0 Å². The summed E-state index contributed by atoms with van der Waals surface area (Å²) in [5.41, 5.74) is 1.58. The van der Waals surface area contributed by atoms with Crippen LogP contribution < -0.4 is 5.32 Å². The van der Waals surface area contributed by atoms with Crippen LogP contribution >= 0.6 is 34.3 Å². The smallest absolute Gasteiger partial charge is 0.269 e. The highest BCUT2D eigenvalue weighted by Gasteiger charge is 2.18. The zero-order valence-electron chi connectivity index (χ0n) is 14.0. The zero-order valence-corrected chi connectivity index (χ0v) is 16.4. The van der Waals surface area contributed by atoms with E-state index in [0.717, 1.165) is 22.0 Å². The summed E-state index contributed by atoms with van der Waals surface area (Å²) in [6.07, 6.45) is 0.853. The molecular formula is C17H17ClN4OS2. The van der Waals surface area contributed by atoms with E-state index in [-0.39, 0.29) is 5.91 Å². The first-order chi connectivity index (χ1) is 11.9. The average Bonchev–Trinajstić information content (AvgIpc) is 3.13. The summed E-state index contributed by atoms with van der Waals surface area (Å²) in [6, 6.07) is 7.44. The molecule has 1 N–H and O–H groups in total. The molecule has 0 saturated carbocycles. The summed E-state index contributed by atoms with van der Waals surface area (Å²) in [7, 11) is 0. The summed E-state index contributed by atoms with van der Waals surface area (Å²) in [6.45, 7) is 6.07. The van der Waals surface area contributed by atoms with E-state index in [2.05, 4.69) is 34.3 Å². The SMILES string of the molecule is Cc1nc(-c2cccc(Cl)c2)sc1C(=O)Nc1nnc(CC(C)C)s1. The fourth-order valence-corrected chi connectivity index (χ4v) is 4.34. The van der Waals surface area contributed by atoms with Gasteiger partial charge in [-0.05, 0) is 25.0 Å². The molecule has 3 rings (SSSR count). The van der Waals surface area contributed by atoms with Gasteiger partial charge in [-0.15, -0.1) is 21.5 Å². The van der Waals surface area contributed by atoms with Crippen molar-refractivity contribution in [3.8, 4) is 10.6 Å². The normalized spacial score (nSPS) is 11.1. The Labute approximate surface area is 159 Å². The maximum absolute atomic E-state index is 12.6. The molecule has 0 radical (unpaired) electrons. The molecule has 0 atom stereocenters. The van der Waals surface area contributed by atoms with Crippen molar-refractivity contribution >= 4 is 45.3 Å². The molecule has 8 heteroatoms. The van der Waals surface area contributed by atoms with Crippen molar-refractivity contribution in [3.63, 3.8) is 0 Å². The topological polar surface area (TPSA) is 67.8 Å². The number of amides is 1. The summed E-state index contributed by atoms with van der Waals surface area (Å²) in [5, 5.41) is 13.8. The number of aromatic nitrogens is 3. The number of thiazole rings is 1. The second-order valence-corrected chi connectivity index (χ2v) is 8.49. The highest BCUT2D eigenvalue weighted by atomic mass is 35.5. The van der Waals surface area contributed by atoms with Crippen molar-refractivity contribution in [2.24, 2.45) is 5.92 Å². The van der Waals surface area contributed by atoms with Gasteiger partial charge in [-0.2, -0.15) is 0 Å². The van der Waals surface area contributed by atoms with Crippen LogP contribution in [0, 0.1) is 12.8 Å². The molecule has 5 nitrogen and oxygen atoms in total. The van der Waals surface area contributed by atoms with Gasteiger partial charge < -0.3 is 0 Å². The molecule has 25 heavy (non-hydrogen) atoms. The van der Waals surface area contributed by atoms with Gasteiger partial charge in [-0.25, -0.2) is 4.98 Å². The highest BCUT2D eigenvalue weighted by Crippen LogP contribution is 2.30. The zero-order chi connectivity index (χ0) is 18.0. The maximum atomic E-state index is 12.6. The van der Waals surface area contributed by atoms with Crippen LogP contribution in [0.4, 0.5) is 5.13 Å². The Bertz CT molecular complexity index is 904. The van der Waals surface area contributed by atoms with Crippen molar-refractivity contribution in [1.82, 2.24) is 15.2 Å². The van der Waals surface area contributed by atoms with E-state index >= 15 is 0 Å². The second kappa shape index (κ2) is 7.59. The number of hydrogen-bond acceptors (Lipinski definition) is 6. The van der Waals surface area contributed by atoms with Gasteiger partial charge in [-0.3, -0.25) is 10.1 Å². The summed E-state index contributed by atoms with van der Waals surface area (Å²) in [4.78, 5) is 17.6. The Morgan fingerprint density at radius 1 is 1.28 bits per heavy atom. The summed E-state index contributed by atoms with van der Waals surface area (Å²) in [5.74, 6) is 0.288. The van der Waals surface area contributed by atoms with Crippen molar-refractivity contribution in [1.29, 1.82) is 0 Å². The van der Waals surface area contributed by atoms with Crippen molar-refractivity contribution < 1.29 is 4.79 Å². The van der Waals surface area contributed by atoms with Gasteiger partial charge in [0.1, 0.15) is 14.9 Å². The van der Waals surface area contributed by atoms with Gasteiger partial charge in [0.2, 0.25) is 5.13 Å². The molecule has 0 unspecified atom stereocenters. The number of halogens is 1. The van der Waals surface area contributed by atoms with Gasteiger partial charge in [-0.1, -0.05) is 48.9 Å². The Morgan fingerprint density at radius 3 is 2.80 bits per heavy atom. The monoisotopic (exact) mass is 392 g/mol. The number of rotatable bonds is 5. The lowest BCUT2D eigenvalue weighted by Gasteiger charge is -1.99. The maximum Gasteiger partial charge on any atom is 0.269 e. The Kier molecular flexibility index (Phi) is 5.46. The molecule has 3 aromatic rings.